The van der Waals surface area contributed by atoms with Gasteiger partial charge in [0.2, 0.25) is 5.95 Å². The summed E-state index contributed by atoms with van der Waals surface area (Å²) in [6.45, 7) is 4.04. The third-order valence-corrected chi connectivity index (χ3v) is 3.67. The van der Waals surface area contributed by atoms with Gasteiger partial charge in [-0.15, -0.1) is 5.10 Å². The van der Waals surface area contributed by atoms with Crippen LogP contribution in [0.5, 0.6) is 0 Å². The first-order valence-electron chi connectivity index (χ1n) is 7.27. The van der Waals surface area contributed by atoms with E-state index in [4.69, 9.17) is 11.6 Å². The van der Waals surface area contributed by atoms with E-state index < -0.39 is 5.82 Å². The van der Waals surface area contributed by atoms with Gasteiger partial charge in [0.1, 0.15) is 5.82 Å². The van der Waals surface area contributed by atoms with Crippen molar-refractivity contribution in [3.05, 3.63) is 64.6 Å². The van der Waals surface area contributed by atoms with E-state index in [9.17, 15) is 4.39 Å². The van der Waals surface area contributed by atoms with Crippen molar-refractivity contribution in [2.75, 3.05) is 10.6 Å². The van der Waals surface area contributed by atoms with Crippen LogP contribution in [0.2, 0.25) is 5.02 Å². The molecule has 0 aliphatic carbocycles. The Kier molecular flexibility index (Phi) is 4.57. The molecule has 7 heteroatoms. The van der Waals surface area contributed by atoms with Crippen LogP contribution in [0.25, 0.3) is 0 Å². The van der Waals surface area contributed by atoms with Gasteiger partial charge >= 0.3 is 0 Å². The minimum Gasteiger partial charge on any atom is -0.339 e. The summed E-state index contributed by atoms with van der Waals surface area (Å²) in [6, 6.07) is 10.4. The molecule has 0 unspecified atom stereocenters. The molecule has 0 radical (unpaired) electrons. The second kappa shape index (κ2) is 6.80. The Hall–Kier alpha value is -2.73. The number of hydrogen-bond acceptors (Lipinski definition) is 5. The average molecular weight is 344 g/mol. The summed E-state index contributed by atoms with van der Waals surface area (Å²) in [4.78, 5) is 4.35. The fourth-order valence-corrected chi connectivity index (χ4v) is 2.39. The summed E-state index contributed by atoms with van der Waals surface area (Å²) >= 11 is 5.77. The molecule has 2 N–H and O–H groups in total. The third-order valence-electron chi connectivity index (χ3n) is 3.38. The van der Waals surface area contributed by atoms with Crippen LogP contribution in [0.4, 0.5) is 27.5 Å². The summed E-state index contributed by atoms with van der Waals surface area (Å²) in [5, 5.41) is 14.1. The highest BCUT2D eigenvalue weighted by Gasteiger charge is 2.06. The molecule has 3 rings (SSSR count). The first kappa shape index (κ1) is 16.1. The molecule has 0 saturated heterocycles. The molecule has 0 spiro atoms. The monoisotopic (exact) mass is 343 g/mol. The molecule has 0 saturated carbocycles. The van der Waals surface area contributed by atoms with Gasteiger partial charge in [0, 0.05) is 11.4 Å². The molecule has 24 heavy (non-hydrogen) atoms. The van der Waals surface area contributed by atoms with Crippen molar-refractivity contribution in [3.8, 4) is 0 Å². The smallest absolute Gasteiger partial charge is 0.249 e. The van der Waals surface area contributed by atoms with Crippen molar-refractivity contribution in [2.45, 2.75) is 13.8 Å². The van der Waals surface area contributed by atoms with Crippen LogP contribution in [-0.2, 0) is 0 Å². The van der Waals surface area contributed by atoms with Crippen molar-refractivity contribution in [3.63, 3.8) is 0 Å². The summed E-state index contributed by atoms with van der Waals surface area (Å²) in [5.41, 5.74) is 3.78. The Bertz CT molecular complexity index is 885. The number of benzene rings is 2. The van der Waals surface area contributed by atoms with Crippen molar-refractivity contribution >= 4 is 34.7 Å². The van der Waals surface area contributed by atoms with E-state index in [0.717, 1.165) is 11.3 Å². The van der Waals surface area contributed by atoms with Crippen molar-refractivity contribution < 1.29 is 4.39 Å². The van der Waals surface area contributed by atoms with E-state index in [1.807, 2.05) is 26.0 Å². The number of aromatic nitrogens is 3. The normalized spacial score (nSPS) is 10.5. The summed E-state index contributed by atoms with van der Waals surface area (Å²) < 4.78 is 13.2. The van der Waals surface area contributed by atoms with E-state index in [1.165, 1.54) is 23.9 Å². The zero-order valence-electron chi connectivity index (χ0n) is 13.1. The van der Waals surface area contributed by atoms with Gasteiger partial charge < -0.3 is 10.6 Å². The van der Waals surface area contributed by atoms with Gasteiger partial charge in [-0.05, 0) is 43.7 Å². The molecule has 1 aromatic heterocycles. The predicted molar refractivity (Wildman–Crippen MR) is 93.7 cm³/mol. The average Bonchev–Trinajstić information content (AvgIpc) is 2.54. The maximum atomic E-state index is 13.2. The highest BCUT2D eigenvalue weighted by Crippen LogP contribution is 2.23. The Morgan fingerprint density at radius 1 is 1.04 bits per heavy atom. The molecule has 5 nitrogen and oxygen atoms in total. The number of nitrogens with one attached hydrogen (secondary N) is 2. The number of rotatable bonds is 4. The molecule has 3 aromatic rings. The van der Waals surface area contributed by atoms with Crippen LogP contribution >= 0.6 is 11.6 Å². The van der Waals surface area contributed by atoms with Crippen molar-refractivity contribution in [1.29, 1.82) is 0 Å². The maximum absolute atomic E-state index is 13.2. The van der Waals surface area contributed by atoms with E-state index in [2.05, 4.69) is 31.9 Å². The number of aryl methyl sites for hydroxylation is 2. The fraction of sp³-hybridized carbons (Fsp3) is 0.118. The Labute approximate surface area is 143 Å². The lowest BCUT2D eigenvalue weighted by Crippen LogP contribution is -2.03. The van der Waals surface area contributed by atoms with E-state index >= 15 is 0 Å². The van der Waals surface area contributed by atoms with Crippen molar-refractivity contribution in [1.82, 2.24) is 15.2 Å². The zero-order chi connectivity index (χ0) is 17.1. The molecule has 0 bridgehead atoms. The largest absolute Gasteiger partial charge is 0.339 e. The van der Waals surface area contributed by atoms with Crippen molar-refractivity contribution in [2.24, 2.45) is 0 Å². The van der Waals surface area contributed by atoms with Crippen LogP contribution in [0.3, 0.4) is 0 Å². The summed E-state index contributed by atoms with van der Waals surface area (Å²) in [6.07, 6.45) is 1.48. The van der Waals surface area contributed by atoms with Gasteiger partial charge in [-0.1, -0.05) is 29.3 Å². The predicted octanol–water partition coefficient (Wildman–Crippen LogP) is 4.77. The van der Waals surface area contributed by atoms with E-state index in [1.54, 1.807) is 6.07 Å². The van der Waals surface area contributed by atoms with Crippen LogP contribution in [0, 0.1) is 19.7 Å². The van der Waals surface area contributed by atoms with Crippen LogP contribution in [0.15, 0.2) is 42.6 Å². The molecular weight excluding hydrogens is 329 g/mol. The highest BCUT2D eigenvalue weighted by molar-refractivity contribution is 6.31. The van der Waals surface area contributed by atoms with Gasteiger partial charge in [-0.3, -0.25) is 0 Å². The van der Waals surface area contributed by atoms with E-state index in [-0.39, 0.29) is 5.02 Å². The van der Waals surface area contributed by atoms with Gasteiger partial charge in [0.15, 0.2) is 5.82 Å². The van der Waals surface area contributed by atoms with Crippen LogP contribution in [0.1, 0.15) is 11.1 Å². The van der Waals surface area contributed by atoms with Crippen LogP contribution < -0.4 is 10.6 Å². The third kappa shape index (κ3) is 3.78. The Morgan fingerprint density at radius 3 is 2.62 bits per heavy atom. The molecule has 122 valence electrons. The van der Waals surface area contributed by atoms with Gasteiger partial charge in [-0.2, -0.15) is 10.1 Å². The van der Waals surface area contributed by atoms with E-state index in [0.29, 0.717) is 17.5 Å². The first-order valence-corrected chi connectivity index (χ1v) is 7.65. The molecule has 1 heterocycles. The lowest BCUT2D eigenvalue weighted by molar-refractivity contribution is 0.628. The highest BCUT2D eigenvalue weighted by atomic mass is 35.5. The molecule has 0 amide bonds. The van der Waals surface area contributed by atoms with Gasteiger partial charge in [-0.25, -0.2) is 4.39 Å². The molecule has 0 aliphatic heterocycles. The zero-order valence-corrected chi connectivity index (χ0v) is 13.9. The lowest BCUT2D eigenvalue weighted by Gasteiger charge is -2.10. The maximum Gasteiger partial charge on any atom is 0.249 e. The second-order valence-corrected chi connectivity index (χ2v) is 5.77. The number of nitrogens with zero attached hydrogens (tertiary/aromatic N) is 3. The summed E-state index contributed by atoms with van der Waals surface area (Å²) in [5.74, 6) is 0.361. The number of halogens is 2. The number of hydrogen-bond donors (Lipinski definition) is 2. The summed E-state index contributed by atoms with van der Waals surface area (Å²) in [7, 11) is 0. The minimum atomic E-state index is -0.472. The minimum absolute atomic E-state index is 0.0376. The molecule has 0 aliphatic rings. The van der Waals surface area contributed by atoms with Crippen LogP contribution in [-0.4, -0.2) is 15.2 Å². The molecule has 2 aromatic carbocycles. The first-order chi connectivity index (χ1) is 11.5. The molecular formula is C17H15ClFN5. The Morgan fingerprint density at radius 2 is 1.88 bits per heavy atom. The second-order valence-electron chi connectivity index (χ2n) is 5.36. The quantitative estimate of drug-likeness (QED) is 0.714. The molecule has 0 fully saturated rings. The molecule has 0 atom stereocenters. The van der Waals surface area contributed by atoms with Gasteiger partial charge in [0.05, 0.1) is 11.2 Å². The lowest BCUT2D eigenvalue weighted by atomic mass is 10.1. The Balaban J connectivity index is 1.79. The SMILES string of the molecule is Cc1ccc(Nc2nncc(Nc3ccc(F)c(Cl)c3)n2)c(C)c1. The standard InChI is InChI=1S/C17H15ClFN5/c1-10-3-6-15(11(2)7-10)22-17-23-16(9-20-24-17)21-12-4-5-14(19)13(18)8-12/h3-9H,1-2H3,(H2,21,22,23,24). The number of anilines is 4. The fourth-order valence-electron chi connectivity index (χ4n) is 2.21. The van der Waals surface area contributed by atoms with Gasteiger partial charge in [0.25, 0.3) is 0 Å². The topological polar surface area (TPSA) is 62.7 Å².